The van der Waals surface area contributed by atoms with Gasteiger partial charge in [0.2, 0.25) is 15.9 Å². The van der Waals surface area contributed by atoms with Gasteiger partial charge in [-0.2, -0.15) is 0 Å². The average Bonchev–Trinajstić information content (AvgIpc) is 2.36. The standard InChI is InChI=1S/C12H19N3O3S.ClH/c1-9(13)6-12(16)15-8-10-4-3-5-11(7-10)19(17,18)14-2;/h3-5,7,9,14H,6,8,13H2,1-2H3,(H,15,16);1H. The van der Waals surface area contributed by atoms with Crippen molar-refractivity contribution in [2.45, 2.75) is 30.8 Å². The molecule has 1 atom stereocenters. The molecule has 1 aromatic rings. The van der Waals surface area contributed by atoms with Crippen LogP contribution in [0.15, 0.2) is 29.2 Å². The minimum Gasteiger partial charge on any atom is -0.352 e. The highest BCUT2D eigenvalue weighted by Gasteiger charge is 2.11. The molecule has 8 heteroatoms. The number of nitrogens with one attached hydrogen (secondary N) is 2. The van der Waals surface area contributed by atoms with Crippen LogP contribution in [0.5, 0.6) is 0 Å². The molecular formula is C12H20ClN3O3S. The van der Waals surface area contributed by atoms with E-state index in [2.05, 4.69) is 10.0 Å². The summed E-state index contributed by atoms with van der Waals surface area (Å²) in [6.45, 7) is 2.03. The Bertz CT molecular complexity index is 547. The van der Waals surface area contributed by atoms with Crippen LogP contribution in [0.2, 0.25) is 0 Å². The van der Waals surface area contributed by atoms with E-state index in [0.717, 1.165) is 0 Å². The third-order valence-electron chi connectivity index (χ3n) is 2.47. The Kier molecular flexibility index (Phi) is 7.74. The second-order valence-electron chi connectivity index (χ2n) is 4.31. The summed E-state index contributed by atoms with van der Waals surface area (Å²) in [4.78, 5) is 11.6. The van der Waals surface area contributed by atoms with Crippen LogP contribution in [0.25, 0.3) is 0 Å². The molecule has 0 radical (unpaired) electrons. The highest BCUT2D eigenvalue weighted by Crippen LogP contribution is 2.10. The molecular weight excluding hydrogens is 302 g/mol. The highest BCUT2D eigenvalue weighted by molar-refractivity contribution is 7.89. The number of sulfonamides is 1. The molecule has 0 aliphatic carbocycles. The zero-order chi connectivity index (χ0) is 14.5. The van der Waals surface area contributed by atoms with Crippen molar-refractivity contribution in [1.29, 1.82) is 0 Å². The molecule has 0 saturated heterocycles. The van der Waals surface area contributed by atoms with E-state index in [1.54, 1.807) is 19.1 Å². The van der Waals surface area contributed by atoms with Gasteiger partial charge in [0, 0.05) is 19.0 Å². The molecule has 0 bridgehead atoms. The van der Waals surface area contributed by atoms with Gasteiger partial charge in [0.15, 0.2) is 0 Å². The van der Waals surface area contributed by atoms with Gasteiger partial charge in [-0.15, -0.1) is 12.4 Å². The van der Waals surface area contributed by atoms with Crippen LogP contribution in [0.3, 0.4) is 0 Å². The first-order valence-corrected chi connectivity index (χ1v) is 7.38. The molecule has 0 heterocycles. The van der Waals surface area contributed by atoms with E-state index < -0.39 is 10.0 Å². The van der Waals surface area contributed by atoms with Crippen molar-refractivity contribution < 1.29 is 13.2 Å². The van der Waals surface area contributed by atoms with Gasteiger partial charge >= 0.3 is 0 Å². The number of carbonyl (C=O) groups excluding carboxylic acids is 1. The van der Waals surface area contributed by atoms with Crippen molar-refractivity contribution in [3.63, 3.8) is 0 Å². The van der Waals surface area contributed by atoms with Crippen LogP contribution in [0.1, 0.15) is 18.9 Å². The van der Waals surface area contributed by atoms with Gasteiger partial charge in [-0.3, -0.25) is 4.79 Å². The molecule has 1 aromatic carbocycles. The summed E-state index contributed by atoms with van der Waals surface area (Å²) in [5.74, 6) is -0.156. The Balaban J connectivity index is 0.00000361. The maximum absolute atomic E-state index is 11.6. The maximum Gasteiger partial charge on any atom is 0.240 e. The Morgan fingerprint density at radius 1 is 1.40 bits per heavy atom. The molecule has 114 valence electrons. The summed E-state index contributed by atoms with van der Waals surface area (Å²) in [7, 11) is -2.11. The predicted molar refractivity (Wildman–Crippen MR) is 80.0 cm³/mol. The number of halogens is 1. The second-order valence-corrected chi connectivity index (χ2v) is 6.20. The first kappa shape index (κ1) is 18.9. The molecule has 1 amide bonds. The molecule has 0 aliphatic heterocycles. The van der Waals surface area contributed by atoms with Crippen LogP contribution in [0, 0.1) is 0 Å². The molecule has 0 aromatic heterocycles. The largest absolute Gasteiger partial charge is 0.352 e. The lowest BCUT2D eigenvalue weighted by Crippen LogP contribution is -2.29. The van der Waals surface area contributed by atoms with E-state index in [1.807, 2.05) is 0 Å². The number of hydrogen-bond acceptors (Lipinski definition) is 4. The number of benzene rings is 1. The fourth-order valence-corrected chi connectivity index (χ4v) is 2.31. The van der Waals surface area contributed by atoms with Gasteiger partial charge in [-0.05, 0) is 31.7 Å². The lowest BCUT2D eigenvalue weighted by Gasteiger charge is -2.08. The van der Waals surface area contributed by atoms with Crippen LogP contribution in [-0.4, -0.2) is 27.4 Å². The SMILES string of the molecule is CNS(=O)(=O)c1cccc(CNC(=O)CC(C)N)c1.Cl. The third-order valence-corrected chi connectivity index (χ3v) is 3.89. The molecule has 0 fully saturated rings. The lowest BCUT2D eigenvalue weighted by molar-refractivity contribution is -0.121. The molecule has 1 unspecified atom stereocenters. The van der Waals surface area contributed by atoms with Crippen LogP contribution in [-0.2, 0) is 21.4 Å². The fraction of sp³-hybridized carbons (Fsp3) is 0.417. The van der Waals surface area contributed by atoms with Crippen molar-refractivity contribution >= 4 is 28.3 Å². The van der Waals surface area contributed by atoms with Gasteiger partial charge in [-0.1, -0.05) is 12.1 Å². The highest BCUT2D eigenvalue weighted by atomic mass is 35.5. The Labute approximate surface area is 125 Å². The van der Waals surface area contributed by atoms with E-state index in [-0.39, 0.29) is 42.2 Å². The maximum atomic E-state index is 11.6. The van der Waals surface area contributed by atoms with E-state index in [9.17, 15) is 13.2 Å². The number of rotatable bonds is 6. The lowest BCUT2D eigenvalue weighted by atomic mass is 10.2. The number of carbonyl (C=O) groups is 1. The van der Waals surface area contributed by atoms with E-state index in [4.69, 9.17) is 5.73 Å². The van der Waals surface area contributed by atoms with E-state index in [1.165, 1.54) is 19.2 Å². The van der Waals surface area contributed by atoms with Gasteiger partial charge < -0.3 is 11.1 Å². The molecule has 0 aliphatic rings. The monoisotopic (exact) mass is 321 g/mol. The normalized spacial score (nSPS) is 12.3. The summed E-state index contributed by atoms with van der Waals surface area (Å²) < 4.78 is 25.5. The van der Waals surface area contributed by atoms with Crippen molar-refractivity contribution in [3.05, 3.63) is 29.8 Å². The topological polar surface area (TPSA) is 101 Å². The first-order chi connectivity index (χ1) is 8.85. The number of hydrogen-bond donors (Lipinski definition) is 3. The number of nitrogens with two attached hydrogens (primary N) is 1. The van der Waals surface area contributed by atoms with E-state index >= 15 is 0 Å². The van der Waals surface area contributed by atoms with Crippen LogP contribution in [0.4, 0.5) is 0 Å². The van der Waals surface area contributed by atoms with Gasteiger partial charge in [0.05, 0.1) is 4.90 Å². The summed E-state index contributed by atoms with van der Waals surface area (Å²) >= 11 is 0. The third kappa shape index (κ3) is 5.87. The molecule has 0 saturated carbocycles. The molecule has 20 heavy (non-hydrogen) atoms. The first-order valence-electron chi connectivity index (χ1n) is 5.90. The van der Waals surface area contributed by atoms with Crippen molar-refractivity contribution in [2.24, 2.45) is 5.73 Å². The van der Waals surface area contributed by atoms with Gasteiger partial charge in [0.1, 0.15) is 0 Å². The molecule has 6 nitrogen and oxygen atoms in total. The van der Waals surface area contributed by atoms with Gasteiger partial charge in [0.25, 0.3) is 0 Å². The quantitative estimate of drug-likeness (QED) is 0.704. The zero-order valence-electron chi connectivity index (χ0n) is 11.4. The summed E-state index contributed by atoms with van der Waals surface area (Å²) in [6.07, 6.45) is 0.245. The molecule has 4 N–H and O–H groups in total. The van der Waals surface area contributed by atoms with Crippen LogP contribution < -0.4 is 15.8 Å². The van der Waals surface area contributed by atoms with Crippen molar-refractivity contribution in [2.75, 3.05) is 7.05 Å². The summed E-state index contributed by atoms with van der Waals surface area (Å²) in [5, 5.41) is 2.69. The van der Waals surface area contributed by atoms with E-state index in [0.29, 0.717) is 5.56 Å². The summed E-state index contributed by atoms with van der Waals surface area (Å²) in [6, 6.07) is 6.21. The molecule has 0 spiro atoms. The van der Waals surface area contributed by atoms with Gasteiger partial charge in [-0.25, -0.2) is 13.1 Å². The van der Waals surface area contributed by atoms with Crippen molar-refractivity contribution in [1.82, 2.24) is 10.0 Å². The average molecular weight is 322 g/mol. The minimum absolute atomic E-state index is 0. The summed E-state index contributed by atoms with van der Waals surface area (Å²) in [5.41, 5.74) is 6.23. The van der Waals surface area contributed by atoms with Crippen molar-refractivity contribution in [3.8, 4) is 0 Å². The smallest absolute Gasteiger partial charge is 0.240 e. The zero-order valence-corrected chi connectivity index (χ0v) is 13.1. The van der Waals surface area contributed by atoms with Crippen LogP contribution >= 0.6 is 12.4 Å². The predicted octanol–water partition coefficient (Wildman–Crippen LogP) is 0.370. The molecule has 1 rings (SSSR count). The Morgan fingerprint density at radius 3 is 2.60 bits per heavy atom. The number of amides is 1. The second kappa shape index (κ2) is 8.21. The minimum atomic E-state index is -3.46. The fourth-order valence-electron chi connectivity index (χ4n) is 1.51. The Hall–Kier alpha value is -1.15. The Morgan fingerprint density at radius 2 is 2.05 bits per heavy atom.